The molecule has 0 aliphatic heterocycles. The van der Waals surface area contributed by atoms with E-state index in [-0.39, 0.29) is 11.9 Å². The molecule has 0 saturated heterocycles. The summed E-state index contributed by atoms with van der Waals surface area (Å²) in [4.78, 5) is 25.9. The summed E-state index contributed by atoms with van der Waals surface area (Å²) in [5.41, 5.74) is 2.62. The fourth-order valence-electron chi connectivity index (χ4n) is 1.86. The number of benzene rings is 1. The number of thiophene rings is 1. The highest BCUT2D eigenvalue weighted by Crippen LogP contribution is 2.16. The first kappa shape index (κ1) is 16.0. The first-order chi connectivity index (χ1) is 10.5. The number of carbonyl (C=O) groups is 2. The topological polar surface area (TPSA) is 61.4 Å². The van der Waals surface area contributed by atoms with Gasteiger partial charge in [-0.25, -0.2) is 4.79 Å². The molecule has 2 rings (SSSR count). The molecule has 0 fully saturated rings. The molecule has 2 aromatic rings. The lowest BCUT2D eigenvalue weighted by molar-refractivity contribution is 0.0954. The van der Waals surface area contributed by atoms with E-state index in [2.05, 4.69) is 10.6 Å². The SMILES string of the molecule is Cc1ccsc1C(=O)NCc1cccc(NC(=O)N(C)C)c1. The fraction of sp³-hybridized carbons (Fsp3) is 0.250. The Kier molecular flexibility index (Phi) is 5.16. The van der Waals surface area contributed by atoms with E-state index < -0.39 is 0 Å². The molecule has 5 nitrogen and oxygen atoms in total. The maximum absolute atomic E-state index is 12.1. The molecule has 0 saturated carbocycles. The number of nitrogens with one attached hydrogen (secondary N) is 2. The first-order valence-corrected chi connectivity index (χ1v) is 7.75. The van der Waals surface area contributed by atoms with Gasteiger partial charge in [0.15, 0.2) is 0 Å². The molecule has 1 aromatic heterocycles. The molecule has 6 heteroatoms. The number of aryl methyl sites for hydroxylation is 1. The summed E-state index contributed by atoms with van der Waals surface area (Å²) in [6.07, 6.45) is 0. The number of hydrogen-bond acceptors (Lipinski definition) is 3. The number of rotatable bonds is 4. The number of hydrogen-bond donors (Lipinski definition) is 2. The minimum Gasteiger partial charge on any atom is -0.347 e. The Morgan fingerprint density at radius 1 is 1.23 bits per heavy atom. The largest absolute Gasteiger partial charge is 0.347 e. The van der Waals surface area contributed by atoms with E-state index in [1.807, 2.05) is 42.6 Å². The summed E-state index contributed by atoms with van der Waals surface area (Å²) in [7, 11) is 3.37. The molecule has 0 atom stereocenters. The molecular weight excluding hydrogens is 298 g/mol. The smallest absolute Gasteiger partial charge is 0.321 e. The number of urea groups is 1. The summed E-state index contributed by atoms with van der Waals surface area (Å²) < 4.78 is 0. The third kappa shape index (κ3) is 4.08. The van der Waals surface area contributed by atoms with Gasteiger partial charge in [-0.1, -0.05) is 12.1 Å². The number of carbonyl (C=O) groups excluding carboxylic acids is 2. The highest BCUT2D eigenvalue weighted by molar-refractivity contribution is 7.12. The first-order valence-electron chi connectivity index (χ1n) is 6.87. The van der Waals surface area contributed by atoms with Crippen molar-refractivity contribution < 1.29 is 9.59 Å². The van der Waals surface area contributed by atoms with Gasteiger partial charge in [0.25, 0.3) is 5.91 Å². The van der Waals surface area contributed by atoms with Crippen molar-refractivity contribution in [3.63, 3.8) is 0 Å². The zero-order chi connectivity index (χ0) is 16.1. The van der Waals surface area contributed by atoms with Crippen molar-refractivity contribution in [1.82, 2.24) is 10.2 Å². The molecule has 0 radical (unpaired) electrons. The van der Waals surface area contributed by atoms with E-state index in [9.17, 15) is 9.59 Å². The minimum atomic E-state index is -0.185. The van der Waals surface area contributed by atoms with Crippen molar-refractivity contribution in [3.05, 3.63) is 51.7 Å². The van der Waals surface area contributed by atoms with Crippen LogP contribution in [0.2, 0.25) is 0 Å². The Morgan fingerprint density at radius 2 is 2.00 bits per heavy atom. The van der Waals surface area contributed by atoms with Gasteiger partial charge in [0.1, 0.15) is 0 Å². The van der Waals surface area contributed by atoms with E-state index >= 15 is 0 Å². The van der Waals surface area contributed by atoms with Crippen LogP contribution in [0.3, 0.4) is 0 Å². The second-order valence-electron chi connectivity index (χ2n) is 5.14. The molecule has 0 aliphatic carbocycles. The van der Waals surface area contributed by atoms with Gasteiger partial charge < -0.3 is 15.5 Å². The van der Waals surface area contributed by atoms with Crippen LogP contribution < -0.4 is 10.6 Å². The van der Waals surface area contributed by atoms with Crippen LogP contribution in [-0.2, 0) is 6.54 Å². The molecule has 3 amide bonds. The van der Waals surface area contributed by atoms with Crippen LogP contribution in [0, 0.1) is 6.92 Å². The molecule has 116 valence electrons. The normalized spacial score (nSPS) is 10.1. The second kappa shape index (κ2) is 7.09. The van der Waals surface area contributed by atoms with E-state index in [4.69, 9.17) is 0 Å². The predicted octanol–water partition coefficient (Wildman–Crippen LogP) is 3.08. The van der Waals surface area contributed by atoms with E-state index in [0.29, 0.717) is 12.2 Å². The fourth-order valence-corrected chi connectivity index (χ4v) is 2.70. The zero-order valence-electron chi connectivity index (χ0n) is 12.8. The lowest BCUT2D eigenvalue weighted by Crippen LogP contribution is -2.27. The summed E-state index contributed by atoms with van der Waals surface area (Å²) in [5, 5.41) is 7.58. The minimum absolute atomic E-state index is 0.0739. The maximum atomic E-state index is 12.1. The van der Waals surface area contributed by atoms with Crippen LogP contribution in [0.15, 0.2) is 35.7 Å². The van der Waals surface area contributed by atoms with Gasteiger partial charge in [-0.15, -0.1) is 11.3 Å². The van der Waals surface area contributed by atoms with Gasteiger partial charge in [0.05, 0.1) is 4.88 Å². The van der Waals surface area contributed by atoms with Crippen molar-refractivity contribution in [2.75, 3.05) is 19.4 Å². The average molecular weight is 317 g/mol. The molecule has 0 bridgehead atoms. The van der Waals surface area contributed by atoms with E-state index in [0.717, 1.165) is 16.0 Å². The second-order valence-corrected chi connectivity index (χ2v) is 6.06. The molecule has 0 aliphatic rings. The highest BCUT2D eigenvalue weighted by Gasteiger charge is 2.10. The van der Waals surface area contributed by atoms with Crippen molar-refractivity contribution in [1.29, 1.82) is 0 Å². The maximum Gasteiger partial charge on any atom is 0.321 e. The van der Waals surface area contributed by atoms with Gasteiger partial charge in [0.2, 0.25) is 0 Å². The molecule has 2 N–H and O–H groups in total. The van der Waals surface area contributed by atoms with Crippen LogP contribution in [0.5, 0.6) is 0 Å². The number of amides is 3. The molecule has 1 heterocycles. The summed E-state index contributed by atoms with van der Waals surface area (Å²) in [6.45, 7) is 2.34. The van der Waals surface area contributed by atoms with Crippen molar-refractivity contribution in [3.8, 4) is 0 Å². The molecule has 0 spiro atoms. The number of anilines is 1. The predicted molar refractivity (Wildman–Crippen MR) is 89.4 cm³/mol. The average Bonchev–Trinajstić information content (AvgIpc) is 2.91. The molecule has 22 heavy (non-hydrogen) atoms. The van der Waals surface area contributed by atoms with Crippen LogP contribution >= 0.6 is 11.3 Å². The van der Waals surface area contributed by atoms with Gasteiger partial charge in [0, 0.05) is 26.3 Å². The highest BCUT2D eigenvalue weighted by atomic mass is 32.1. The van der Waals surface area contributed by atoms with Crippen LogP contribution in [-0.4, -0.2) is 30.9 Å². The van der Waals surface area contributed by atoms with E-state index in [1.54, 1.807) is 14.1 Å². The van der Waals surface area contributed by atoms with Crippen molar-refractivity contribution in [2.45, 2.75) is 13.5 Å². The monoisotopic (exact) mass is 317 g/mol. The molecule has 0 unspecified atom stereocenters. The standard InChI is InChI=1S/C16H19N3O2S/c1-11-7-8-22-14(11)15(20)17-10-12-5-4-6-13(9-12)18-16(21)19(2)3/h4-9H,10H2,1-3H3,(H,17,20)(H,18,21). The quantitative estimate of drug-likeness (QED) is 0.910. The lowest BCUT2D eigenvalue weighted by Gasteiger charge is -2.13. The summed E-state index contributed by atoms with van der Waals surface area (Å²) >= 11 is 1.43. The van der Waals surface area contributed by atoms with E-state index in [1.165, 1.54) is 16.2 Å². The Morgan fingerprint density at radius 3 is 2.64 bits per heavy atom. The third-order valence-electron chi connectivity index (χ3n) is 3.11. The Balaban J connectivity index is 1.97. The third-order valence-corrected chi connectivity index (χ3v) is 4.12. The summed E-state index contributed by atoms with van der Waals surface area (Å²) in [5.74, 6) is -0.0739. The number of nitrogens with zero attached hydrogens (tertiary/aromatic N) is 1. The van der Waals surface area contributed by atoms with Crippen LogP contribution in [0.1, 0.15) is 20.8 Å². The Hall–Kier alpha value is -2.34. The van der Waals surface area contributed by atoms with Gasteiger partial charge in [-0.3, -0.25) is 4.79 Å². The Labute approximate surface area is 134 Å². The van der Waals surface area contributed by atoms with Gasteiger partial charge >= 0.3 is 6.03 Å². The van der Waals surface area contributed by atoms with Crippen molar-refractivity contribution in [2.24, 2.45) is 0 Å². The van der Waals surface area contributed by atoms with Crippen molar-refractivity contribution >= 4 is 29.0 Å². The molecular formula is C16H19N3O2S. The zero-order valence-corrected chi connectivity index (χ0v) is 13.7. The summed E-state index contributed by atoms with van der Waals surface area (Å²) in [6, 6.07) is 9.17. The van der Waals surface area contributed by atoms with Crippen LogP contribution in [0.4, 0.5) is 10.5 Å². The Bertz CT molecular complexity index is 680. The van der Waals surface area contributed by atoms with Crippen LogP contribution in [0.25, 0.3) is 0 Å². The van der Waals surface area contributed by atoms with Gasteiger partial charge in [-0.05, 0) is 41.6 Å². The van der Waals surface area contributed by atoms with Gasteiger partial charge in [-0.2, -0.15) is 0 Å². The lowest BCUT2D eigenvalue weighted by atomic mass is 10.2. The molecule has 1 aromatic carbocycles.